The summed E-state index contributed by atoms with van der Waals surface area (Å²) < 4.78 is 0. The molecule has 6 nitrogen and oxygen atoms in total. The number of para-hydroxylation sites is 1. The molecule has 0 bridgehead atoms. The average Bonchev–Trinajstić information content (AvgIpc) is 2.48. The van der Waals surface area contributed by atoms with E-state index in [1.807, 2.05) is 31.2 Å². The lowest BCUT2D eigenvalue weighted by Gasteiger charge is -2.24. The summed E-state index contributed by atoms with van der Waals surface area (Å²) in [4.78, 5) is 36.6. The number of amides is 3. The number of thioether (sulfide) groups is 1. The normalized spacial score (nSPS) is 17.9. The van der Waals surface area contributed by atoms with Gasteiger partial charge in [0.1, 0.15) is 6.04 Å². The lowest BCUT2D eigenvalue weighted by atomic mass is 10.2. The van der Waals surface area contributed by atoms with Gasteiger partial charge in [-0.05, 0) is 26.0 Å². The minimum Gasteiger partial charge on any atom is -0.355 e. The highest BCUT2D eigenvalue weighted by Crippen LogP contribution is 2.36. The third-order valence-corrected chi connectivity index (χ3v) is 4.47. The summed E-state index contributed by atoms with van der Waals surface area (Å²) in [6.07, 6.45) is 0.0363. The molecule has 7 heteroatoms. The Morgan fingerprint density at radius 2 is 2.09 bits per heavy atom. The molecule has 3 N–H and O–H groups in total. The minimum atomic E-state index is -0.614. The van der Waals surface area contributed by atoms with Crippen molar-refractivity contribution in [1.29, 1.82) is 0 Å². The molecule has 0 aliphatic carbocycles. The third kappa shape index (κ3) is 4.00. The number of nitrogens with one attached hydrogen (secondary N) is 3. The number of hydrogen-bond donors (Lipinski definition) is 3. The maximum atomic E-state index is 12.0. The topological polar surface area (TPSA) is 87.3 Å². The molecule has 2 rings (SSSR count). The van der Waals surface area contributed by atoms with Crippen molar-refractivity contribution in [2.45, 2.75) is 36.5 Å². The Morgan fingerprint density at radius 1 is 1.36 bits per heavy atom. The summed E-state index contributed by atoms with van der Waals surface area (Å²) in [6.45, 7) is 3.94. The van der Waals surface area contributed by atoms with Gasteiger partial charge in [-0.2, -0.15) is 0 Å². The van der Waals surface area contributed by atoms with Crippen molar-refractivity contribution in [3.8, 4) is 0 Å². The molecule has 0 aromatic heterocycles. The van der Waals surface area contributed by atoms with Crippen molar-refractivity contribution in [3.63, 3.8) is 0 Å². The number of rotatable bonds is 5. The van der Waals surface area contributed by atoms with Crippen molar-refractivity contribution < 1.29 is 14.4 Å². The van der Waals surface area contributed by atoms with Crippen LogP contribution in [0.1, 0.15) is 20.3 Å². The van der Waals surface area contributed by atoms with Crippen LogP contribution in [0.3, 0.4) is 0 Å². The fraction of sp³-hybridized carbons (Fsp3) is 0.400. The first-order valence-electron chi connectivity index (χ1n) is 7.15. The van der Waals surface area contributed by atoms with Crippen molar-refractivity contribution in [2.24, 2.45) is 0 Å². The van der Waals surface area contributed by atoms with E-state index in [0.29, 0.717) is 6.54 Å². The maximum absolute atomic E-state index is 12.0. The van der Waals surface area contributed by atoms with E-state index in [4.69, 9.17) is 0 Å². The summed E-state index contributed by atoms with van der Waals surface area (Å²) in [6, 6.07) is 6.85. The fourth-order valence-corrected chi connectivity index (χ4v) is 3.20. The van der Waals surface area contributed by atoms with Gasteiger partial charge in [0.15, 0.2) is 0 Å². The second-order valence-corrected chi connectivity index (χ2v) is 6.22. The predicted molar refractivity (Wildman–Crippen MR) is 85.6 cm³/mol. The quantitative estimate of drug-likeness (QED) is 0.759. The van der Waals surface area contributed by atoms with Crippen LogP contribution in [0.4, 0.5) is 5.69 Å². The molecule has 1 aliphatic rings. The maximum Gasteiger partial charge on any atom is 0.242 e. The van der Waals surface area contributed by atoms with Gasteiger partial charge < -0.3 is 16.0 Å². The Labute approximate surface area is 133 Å². The molecule has 0 spiro atoms. The highest BCUT2D eigenvalue weighted by molar-refractivity contribution is 8.01. The van der Waals surface area contributed by atoms with Crippen molar-refractivity contribution >= 4 is 35.2 Å². The molecular formula is C15H19N3O3S. The summed E-state index contributed by atoms with van der Waals surface area (Å²) in [7, 11) is 0. The van der Waals surface area contributed by atoms with Crippen LogP contribution in [0.5, 0.6) is 0 Å². The van der Waals surface area contributed by atoms with Gasteiger partial charge in [0.25, 0.3) is 0 Å². The molecule has 1 aromatic rings. The lowest BCUT2D eigenvalue weighted by molar-refractivity contribution is -0.129. The van der Waals surface area contributed by atoms with Crippen molar-refractivity contribution in [2.75, 3.05) is 11.9 Å². The van der Waals surface area contributed by atoms with Crippen LogP contribution < -0.4 is 16.0 Å². The number of carbonyl (C=O) groups is 3. The molecule has 1 aliphatic heterocycles. The van der Waals surface area contributed by atoms with E-state index in [1.54, 1.807) is 6.92 Å². The molecule has 0 saturated heterocycles. The van der Waals surface area contributed by atoms with E-state index in [0.717, 1.165) is 10.6 Å². The predicted octanol–water partition coefficient (Wildman–Crippen LogP) is 1.13. The van der Waals surface area contributed by atoms with E-state index in [2.05, 4.69) is 16.0 Å². The van der Waals surface area contributed by atoms with E-state index in [1.165, 1.54) is 11.8 Å². The summed E-state index contributed by atoms with van der Waals surface area (Å²) in [5.41, 5.74) is 0.768. The zero-order valence-electron chi connectivity index (χ0n) is 12.5. The number of carbonyl (C=O) groups excluding carboxylic acids is 3. The Balaban J connectivity index is 1.92. The molecule has 0 unspecified atom stereocenters. The van der Waals surface area contributed by atoms with E-state index < -0.39 is 11.3 Å². The molecule has 0 fully saturated rings. The molecule has 118 valence electrons. The first-order chi connectivity index (χ1) is 10.5. The Bertz CT molecular complexity index is 591. The zero-order chi connectivity index (χ0) is 16.1. The molecule has 1 aromatic carbocycles. The Hall–Kier alpha value is -2.02. The zero-order valence-corrected chi connectivity index (χ0v) is 13.3. The van der Waals surface area contributed by atoms with Crippen LogP contribution in [-0.4, -0.2) is 35.6 Å². The van der Waals surface area contributed by atoms with Crippen LogP contribution in [0, 0.1) is 0 Å². The first-order valence-corrected chi connectivity index (χ1v) is 8.03. The smallest absolute Gasteiger partial charge is 0.242 e. The van der Waals surface area contributed by atoms with Gasteiger partial charge in [-0.15, -0.1) is 11.8 Å². The van der Waals surface area contributed by atoms with E-state index >= 15 is 0 Å². The number of fused-ring (bicyclic) bond motifs is 1. The van der Waals surface area contributed by atoms with Gasteiger partial charge in [0, 0.05) is 17.9 Å². The standard InChI is InChI=1S/C15H19N3O3S/c1-3-16-14(20)9(2)17-13(19)8-12-15(21)18-10-6-4-5-7-11(10)22-12/h4-7,9,12H,3,8H2,1-2H3,(H,16,20)(H,17,19)(H,18,21)/t9-,12-/m1/s1. The molecule has 1 heterocycles. The highest BCUT2D eigenvalue weighted by atomic mass is 32.2. The summed E-state index contributed by atoms with van der Waals surface area (Å²) in [5, 5.41) is 7.55. The monoisotopic (exact) mass is 321 g/mol. The second kappa shape index (κ2) is 7.31. The molecule has 3 amide bonds. The van der Waals surface area contributed by atoms with Crippen molar-refractivity contribution in [1.82, 2.24) is 10.6 Å². The summed E-state index contributed by atoms with van der Waals surface area (Å²) >= 11 is 1.37. The Morgan fingerprint density at radius 3 is 2.82 bits per heavy atom. The van der Waals surface area contributed by atoms with Crippen LogP contribution in [0.25, 0.3) is 0 Å². The van der Waals surface area contributed by atoms with Crippen LogP contribution >= 0.6 is 11.8 Å². The molecule has 0 radical (unpaired) electrons. The van der Waals surface area contributed by atoms with Gasteiger partial charge in [-0.3, -0.25) is 14.4 Å². The molecule has 22 heavy (non-hydrogen) atoms. The third-order valence-electron chi connectivity index (χ3n) is 3.20. The van der Waals surface area contributed by atoms with Gasteiger partial charge in [0.2, 0.25) is 17.7 Å². The van der Waals surface area contributed by atoms with Crippen LogP contribution in [0.2, 0.25) is 0 Å². The number of benzene rings is 1. The highest BCUT2D eigenvalue weighted by Gasteiger charge is 2.29. The lowest BCUT2D eigenvalue weighted by Crippen LogP contribution is -2.46. The Kier molecular flexibility index (Phi) is 5.43. The van der Waals surface area contributed by atoms with Crippen LogP contribution in [-0.2, 0) is 14.4 Å². The first kappa shape index (κ1) is 16.4. The van der Waals surface area contributed by atoms with E-state index in [9.17, 15) is 14.4 Å². The fourth-order valence-electron chi connectivity index (χ4n) is 2.09. The van der Waals surface area contributed by atoms with Crippen molar-refractivity contribution in [3.05, 3.63) is 24.3 Å². The van der Waals surface area contributed by atoms with Gasteiger partial charge in [-0.25, -0.2) is 0 Å². The molecular weight excluding hydrogens is 302 g/mol. The summed E-state index contributed by atoms with van der Waals surface area (Å²) in [5.74, 6) is -0.739. The number of hydrogen-bond acceptors (Lipinski definition) is 4. The van der Waals surface area contributed by atoms with Gasteiger partial charge in [-0.1, -0.05) is 12.1 Å². The van der Waals surface area contributed by atoms with E-state index in [-0.39, 0.29) is 24.1 Å². The van der Waals surface area contributed by atoms with Gasteiger partial charge >= 0.3 is 0 Å². The minimum absolute atomic E-state index is 0.0363. The number of likely N-dealkylation sites (N-methyl/N-ethyl adjacent to an activating group) is 1. The molecule has 2 atom stereocenters. The second-order valence-electron chi connectivity index (χ2n) is 4.98. The average molecular weight is 321 g/mol. The number of anilines is 1. The largest absolute Gasteiger partial charge is 0.355 e. The molecule has 0 saturated carbocycles. The SMILES string of the molecule is CCNC(=O)[C@@H](C)NC(=O)C[C@H]1Sc2ccccc2NC1=O. The van der Waals surface area contributed by atoms with Gasteiger partial charge in [0.05, 0.1) is 10.9 Å². The van der Waals surface area contributed by atoms with Crippen LogP contribution in [0.15, 0.2) is 29.2 Å².